The molecule has 1 atom stereocenters. The van der Waals surface area contributed by atoms with Crippen LogP contribution < -0.4 is 10.1 Å². The third kappa shape index (κ3) is 4.30. The SMILES string of the molecule is Cc1nc2c(OCc3cccc(Cl)c3F)cccn2c1C(=O)N[C@@H](CO)c1ccccc1. The van der Waals surface area contributed by atoms with Gasteiger partial charge in [-0.3, -0.25) is 9.20 Å². The number of nitrogens with zero attached hydrogens (tertiary/aromatic N) is 2. The molecular weight excluding hydrogens is 433 g/mol. The number of imidazole rings is 1. The predicted octanol–water partition coefficient (Wildman–Crippen LogP) is 4.48. The third-order valence-corrected chi connectivity index (χ3v) is 5.40. The van der Waals surface area contributed by atoms with Crippen LogP contribution in [0.2, 0.25) is 5.02 Å². The van der Waals surface area contributed by atoms with Gasteiger partial charge in [0.25, 0.3) is 5.91 Å². The third-order valence-electron chi connectivity index (χ3n) is 5.11. The summed E-state index contributed by atoms with van der Waals surface area (Å²) in [4.78, 5) is 17.6. The summed E-state index contributed by atoms with van der Waals surface area (Å²) >= 11 is 5.84. The molecule has 2 aromatic carbocycles. The highest BCUT2D eigenvalue weighted by Gasteiger charge is 2.22. The van der Waals surface area contributed by atoms with E-state index in [1.165, 1.54) is 6.07 Å². The number of nitrogens with one attached hydrogen (secondary N) is 1. The second-order valence-corrected chi connectivity index (χ2v) is 7.64. The number of halogens is 2. The maximum Gasteiger partial charge on any atom is 0.270 e. The van der Waals surface area contributed by atoms with E-state index in [2.05, 4.69) is 10.3 Å². The first-order chi connectivity index (χ1) is 15.5. The summed E-state index contributed by atoms with van der Waals surface area (Å²) in [5.41, 5.74) is 2.36. The predicted molar refractivity (Wildman–Crippen MR) is 119 cm³/mol. The van der Waals surface area contributed by atoms with Crippen LogP contribution in [-0.2, 0) is 6.61 Å². The number of carbonyl (C=O) groups excluding carboxylic acids is 1. The summed E-state index contributed by atoms with van der Waals surface area (Å²) in [5.74, 6) is -0.511. The van der Waals surface area contributed by atoms with Gasteiger partial charge in [-0.15, -0.1) is 0 Å². The first kappa shape index (κ1) is 21.8. The quantitative estimate of drug-likeness (QED) is 0.432. The second-order valence-electron chi connectivity index (χ2n) is 7.23. The highest BCUT2D eigenvalue weighted by atomic mass is 35.5. The fourth-order valence-electron chi connectivity index (χ4n) is 3.50. The zero-order chi connectivity index (χ0) is 22.7. The number of hydrogen-bond donors (Lipinski definition) is 2. The summed E-state index contributed by atoms with van der Waals surface area (Å²) in [5, 5.41) is 12.7. The number of carbonyl (C=O) groups is 1. The van der Waals surface area contributed by atoms with Crippen molar-refractivity contribution < 1.29 is 19.0 Å². The summed E-state index contributed by atoms with van der Waals surface area (Å²) in [7, 11) is 0. The Morgan fingerprint density at radius 3 is 2.72 bits per heavy atom. The Bertz CT molecular complexity index is 1260. The lowest BCUT2D eigenvalue weighted by molar-refractivity contribution is 0.0909. The molecule has 0 fully saturated rings. The van der Waals surface area contributed by atoms with Crippen LogP contribution in [0.15, 0.2) is 66.9 Å². The molecular formula is C24H21ClFN3O3. The minimum atomic E-state index is -0.557. The molecule has 4 rings (SSSR count). The van der Waals surface area contributed by atoms with Crippen LogP contribution in [-0.4, -0.2) is 27.0 Å². The fourth-order valence-corrected chi connectivity index (χ4v) is 3.70. The molecule has 0 bridgehead atoms. The maximum absolute atomic E-state index is 14.2. The standard InChI is InChI=1S/C24H21ClFN3O3/c1-15-22(24(31)28-19(13-30)16-7-3-2-4-8-16)29-12-6-11-20(23(29)27-15)32-14-17-9-5-10-18(25)21(17)26/h2-12,19,30H,13-14H2,1H3,(H,28,31)/t19-/m0/s1. The molecule has 0 radical (unpaired) electrons. The van der Waals surface area contributed by atoms with Crippen molar-refractivity contribution in [3.05, 3.63) is 100 Å². The van der Waals surface area contributed by atoms with Crippen molar-refractivity contribution >= 4 is 23.2 Å². The molecule has 2 aromatic heterocycles. The molecule has 0 aliphatic carbocycles. The molecule has 0 saturated carbocycles. The Balaban J connectivity index is 1.60. The largest absolute Gasteiger partial charge is 0.485 e. The van der Waals surface area contributed by atoms with E-state index in [0.29, 0.717) is 28.3 Å². The molecule has 4 aromatic rings. The van der Waals surface area contributed by atoms with Crippen molar-refractivity contribution in [2.24, 2.45) is 0 Å². The molecule has 2 heterocycles. The Labute approximate surface area is 189 Å². The Kier molecular flexibility index (Phi) is 6.39. The number of pyridine rings is 1. The van der Waals surface area contributed by atoms with Gasteiger partial charge in [0, 0.05) is 11.8 Å². The van der Waals surface area contributed by atoms with Crippen LogP contribution in [0.5, 0.6) is 5.75 Å². The van der Waals surface area contributed by atoms with Gasteiger partial charge in [0.1, 0.15) is 18.1 Å². The van der Waals surface area contributed by atoms with Crippen molar-refractivity contribution in [2.45, 2.75) is 19.6 Å². The number of aliphatic hydroxyl groups excluding tert-OH is 1. The van der Waals surface area contributed by atoms with E-state index in [1.807, 2.05) is 30.3 Å². The van der Waals surface area contributed by atoms with Gasteiger partial charge in [-0.1, -0.05) is 54.1 Å². The van der Waals surface area contributed by atoms with E-state index in [4.69, 9.17) is 16.3 Å². The van der Waals surface area contributed by atoms with Crippen LogP contribution in [0.3, 0.4) is 0 Å². The molecule has 0 spiro atoms. The molecule has 32 heavy (non-hydrogen) atoms. The highest BCUT2D eigenvalue weighted by Crippen LogP contribution is 2.25. The van der Waals surface area contributed by atoms with Gasteiger partial charge in [0.2, 0.25) is 0 Å². The summed E-state index contributed by atoms with van der Waals surface area (Å²) in [6.45, 7) is 1.43. The number of fused-ring (bicyclic) bond motifs is 1. The zero-order valence-corrected chi connectivity index (χ0v) is 18.0. The summed E-state index contributed by atoms with van der Waals surface area (Å²) in [6, 6.07) is 16.8. The average Bonchev–Trinajstić information content (AvgIpc) is 3.15. The molecule has 164 valence electrons. The minimum Gasteiger partial charge on any atom is -0.485 e. The van der Waals surface area contributed by atoms with Crippen LogP contribution >= 0.6 is 11.6 Å². The number of aliphatic hydroxyl groups is 1. The van der Waals surface area contributed by atoms with Crippen molar-refractivity contribution in [3.63, 3.8) is 0 Å². The summed E-state index contributed by atoms with van der Waals surface area (Å²) in [6.07, 6.45) is 1.70. The van der Waals surface area contributed by atoms with Crippen LogP contribution in [0.25, 0.3) is 5.65 Å². The minimum absolute atomic E-state index is 0.0248. The van der Waals surface area contributed by atoms with Gasteiger partial charge in [-0.2, -0.15) is 0 Å². The topological polar surface area (TPSA) is 75.9 Å². The van der Waals surface area contributed by atoms with Crippen molar-refractivity contribution in [1.29, 1.82) is 0 Å². The zero-order valence-electron chi connectivity index (χ0n) is 17.3. The first-order valence-corrected chi connectivity index (χ1v) is 10.4. The van der Waals surface area contributed by atoms with Crippen molar-refractivity contribution in [2.75, 3.05) is 6.61 Å². The summed E-state index contributed by atoms with van der Waals surface area (Å²) < 4.78 is 21.6. The number of aryl methyl sites for hydroxylation is 1. The number of rotatable bonds is 7. The highest BCUT2D eigenvalue weighted by molar-refractivity contribution is 6.30. The van der Waals surface area contributed by atoms with Gasteiger partial charge in [0.15, 0.2) is 11.4 Å². The molecule has 6 nitrogen and oxygen atoms in total. The maximum atomic E-state index is 14.2. The second kappa shape index (κ2) is 9.38. The number of hydrogen-bond acceptors (Lipinski definition) is 4. The van der Waals surface area contributed by atoms with Crippen LogP contribution in [0, 0.1) is 12.7 Å². The van der Waals surface area contributed by atoms with E-state index in [9.17, 15) is 14.3 Å². The fraction of sp³-hybridized carbons (Fsp3) is 0.167. The van der Waals surface area contributed by atoms with E-state index in [1.54, 1.807) is 41.8 Å². The first-order valence-electron chi connectivity index (χ1n) is 9.99. The van der Waals surface area contributed by atoms with Crippen LogP contribution in [0.1, 0.15) is 33.4 Å². The Morgan fingerprint density at radius 1 is 1.19 bits per heavy atom. The van der Waals surface area contributed by atoms with Gasteiger partial charge in [0.05, 0.1) is 23.4 Å². The number of benzene rings is 2. The number of ether oxygens (including phenoxy) is 1. The normalized spacial score (nSPS) is 12.0. The van der Waals surface area contributed by atoms with Gasteiger partial charge in [-0.25, -0.2) is 9.37 Å². The lowest BCUT2D eigenvalue weighted by Gasteiger charge is -2.17. The van der Waals surface area contributed by atoms with Crippen LogP contribution in [0.4, 0.5) is 4.39 Å². The van der Waals surface area contributed by atoms with E-state index < -0.39 is 11.9 Å². The molecule has 8 heteroatoms. The molecule has 2 N–H and O–H groups in total. The lowest BCUT2D eigenvalue weighted by atomic mass is 10.1. The van der Waals surface area contributed by atoms with Gasteiger partial charge < -0.3 is 15.2 Å². The van der Waals surface area contributed by atoms with Crippen molar-refractivity contribution in [3.8, 4) is 5.75 Å². The van der Waals surface area contributed by atoms with E-state index in [0.717, 1.165) is 5.56 Å². The van der Waals surface area contributed by atoms with Crippen molar-refractivity contribution in [1.82, 2.24) is 14.7 Å². The number of aromatic nitrogens is 2. The van der Waals surface area contributed by atoms with Gasteiger partial charge in [-0.05, 0) is 30.7 Å². The lowest BCUT2D eigenvalue weighted by Crippen LogP contribution is -2.32. The molecule has 0 aliphatic heterocycles. The monoisotopic (exact) mass is 453 g/mol. The smallest absolute Gasteiger partial charge is 0.270 e. The van der Waals surface area contributed by atoms with Gasteiger partial charge >= 0.3 is 0 Å². The Hall–Kier alpha value is -3.42. The Morgan fingerprint density at radius 2 is 1.97 bits per heavy atom. The molecule has 0 saturated heterocycles. The number of amides is 1. The average molecular weight is 454 g/mol. The molecule has 1 amide bonds. The molecule has 0 aliphatic rings. The van der Waals surface area contributed by atoms with E-state index in [-0.39, 0.29) is 24.1 Å². The molecule has 0 unspecified atom stereocenters. The van der Waals surface area contributed by atoms with E-state index >= 15 is 0 Å².